The summed E-state index contributed by atoms with van der Waals surface area (Å²) in [6.45, 7) is 0.359. The van der Waals surface area contributed by atoms with Crippen molar-refractivity contribution in [2.75, 3.05) is 25.2 Å². The predicted molar refractivity (Wildman–Crippen MR) is 124 cm³/mol. The third kappa shape index (κ3) is 4.48. The van der Waals surface area contributed by atoms with Crippen LogP contribution in [0.5, 0.6) is 11.5 Å². The maximum atomic E-state index is 14.4. The lowest BCUT2D eigenvalue weighted by molar-refractivity contribution is -0.135. The van der Waals surface area contributed by atoms with E-state index in [-0.39, 0.29) is 17.6 Å². The van der Waals surface area contributed by atoms with Crippen LogP contribution in [-0.2, 0) is 9.59 Å². The molecule has 5 nitrogen and oxygen atoms in total. The Labute approximate surface area is 190 Å². The summed E-state index contributed by atoms with van der Waals surface area (Å²) in [5.41, 5.74) is 1.34. The van der Waals surface area contributed by atoms with Crippen molar-refractivity contribution in [1.29, 1.82) is 0 Å². The molecule has 4 rings (SSSR count). The lowest BCUT2D eigenvalue weighted by Gasteiger charge is -2.19. The van der Waals surface area contributed by atoms with E-state index < -0.39 is 17.7 Å². The number of thioether (sulfide) groups is 1. The van der Waals surface area contributed by atoms with E-state index in [1.165, 1.54) is 22.7 Å². The first-order chi connectivity index (χ1) is 15.5. The van der Waals surface area contributed by atoms with Crippen molar-refractivity contribution >= 4 is 29.3 Å². The zero-order chi connectivity index (χ0) is 22.7. The van der Waals surface area contributed by atoms with Gasteiger partial charge in [-0.2, -0.15) is 0 Å². The van der Waals surface area contributed by atoms with Crippen LogP contribution in [0.25, 0.3) is 0 Å². The molecule has 0 bridgehead atoms. The van der Waals surface area contributed by atoms with Crippen molar-refractivity contribution in [2.45, 2.75) is 10.8 Å². The standard InChI is InChI=1S/C25H23FN2O3S/c1-28-15-18(16-12-13-19(26)21(14-16)31-17-8-4-3-5-9-17)23(25(28)30)24(29)27-20-10-6-7-11-22(20)32-2/h3-14,18,23H,15H2,1-2H3,(H,27,29)/t18-,23+/m1/s1. The fraction of sp³-hybridized carbons (Fsp3) is 0.200. The number of anilines is 1. The highest BCUT2D eigenvalue weighted by molar-refractivity contribution is 7.98. The van der Waals surface area contributed by atoms with Gasteiger partial charge in [0.05, 0.1) is 5.69 Å². The SMILES string of the molecule is CSc1ccccc1NC(=O)[C@H]1C(=O)N(C)C[C@@H]1c1ccc(F)c(Oc2ccccc2)c1. The number of rotatable bonds is 6. The molecule has 164 valence electrons. The highest BCUT2D eigenvalue weighted by Gasteiger charge is 2.44. The molecule has 1 heterocycles. The van der Waals surface area contributed by atoms with Gasteiger partial charge in [-0.15, -0.1) is 11.8 Å². The average molecular weight is 451 g/mol. The number of benzene rings is 3. The molecule has 0 aliphatic carbocycles. The molecule has 0 spiro atoms. The number of likely N-dealkylation sites (tertiary alicyclic amines) is 1. The Hall–Kier alpha value is -3.32. The Morgan fingerprint density at radius 3 is 2.56 bits per heavy atom. The first-order valence-corrected chi connectivity index (χ1v) is 11.4. The summed E-state index contributed by atoms with van der Waals surface area (Å²) < 4.78 is 20.1. The molecule has 0 unspecified atom stereocenters. The van der Waals surface area contributed by atoms with Crippen LogP contribution in [0.2, 0.25) is 0 Å². The second kappa shape index (κ2) is 9.44. The number of likely N-dealkylation sites (N-methyl/N-ethyl adjacent to an activating group) is 1. The number of hydrogen-bond acceptors (Lipinski definition) is 4. The van der Waals surface area contributed by atoms with Crippen LogP contribution in [-0.4, -0.2) is 36.6 Å². The molecule has 0 radical (unpaired) electrons. The monoisotopic (exact) mass is 450 g/mol. The molecule has 3 aromatic carbocycles. The predicted octanol–water partition coefficient (Wildman–Crippen LogP) is 5.15. The van der Waals surface area contributed by atoms with E-state index >= 15 is 0 Å². The number of amides is 2. The van der Waals surface area contributed by atoms with E-state index in [0.29, 0.717) is 23.5 Å². The van der Waals surface area contributed by atoms with Gasteiger partial charge in [0.1, 0.15) is 11.7 Å². The number of halogens is 1. The second-order valence-corrected chi connectivity index (χ2v) is 8.45. The van der Waals surface area contributed by atoms with Gasteiger partial charge in [0.25, 0.3) is 0 Å². The van der Waals surface area contributed by atoms with Crippen molar-refractivity contribution in [2.24, 2.45) is 5.92 Å². The molecule has 7 heteroatoms. The molecule has 1 fully saturated rings. The van der Waals surface area contributed by atoms with E-state index in [2.05, 4.69) is 5.32 Å². The number of carbonyl (C=O) groups is 2. The smallest absolute Gasteiger partial charge is 0.237 e. The summed E-state index contributed by atoms with van der Waals surface area (Å²) in [7, 11) is 1.67. The molecule has 1 saturated heterocycles. The molecule has 3 aromatic rings. The summed E-state index contributed by atoms with van der Waals surface area (Å²) in [5.74, 6) is -1.92. The quantitative estimate of drug-likeness (QED) is 0.417. The third-order valence-electron chi connectivity index (χ3n) is 5.52. The van der Waals surface area contributed by atoms with Crippen molar-refractivity contribution in [3.05, 3.63) is 84.2 Å². The highest BCUT2D eigenvalue weighted by atomic mass is 32.2. The summed E-state index contributed by atoms with van der Waals surface area (Å²) in [4.78, 5) is 28.5. The van der Waals surface area contributed by atoms with Crippen LogP contribution in [0.4, 0.5) is 10.1 Å². The van der Waals surface area contributed by atoms with Gasteiger partial charge in [-0.05, 0) is 48.2 Å². The van der Waals surface area contributed by atoms with Crippen molar-refractivity contribution in [3.8, 4) is 11.5 Å². The topological polar surface area (TPSA) is 58.6 Å². The Balaban J connectivity index is 1.62. The van der Waals surface area contributed by atoms with Crippen LogP contribution >= 0.6 is 11.8 Å². The van der Waals surface area contributed by atoms with Gasteiger partial charge in [0.15, 0.2) is 11.6 Å². The fourth-order valence-corrected chi connectivity index (χ4v) is 4.45. The van der Waals surface area contributed by atoms with E-state index in [1.807, 2.05) is 36.6 Å². The van der Waals surface area contributed by atoms with Crippen molar-refractivity contribution in [1.82, 2.24) is 4.90 Å². The van der Waals surface area contributed by atoms with Gasteiger partial charge in [-0.3, -0.25) is 9.59 Å². The molecule has 32 heavy (non-hydrogen) atoms. The normalized spacial score (nSPS) is 18.0. The molecule has 2 amide bonds. The molecule has 0 aromatic heterocycles. The summed E-state index contributed by atoms with van der Waals surface area (Å²) >= 11 is 1.51. The van der Waals surface area contributed by atoms with E-state index in [9.17, 15) is 14.0 Å². The number of nitrogens with one attached hydrogen (secondary N) is 1. The van der Waals surface area contributed by atoms with E-state index in [1.54, 1.807) is 43.4 Å². The summed E-state index contributed by atoms with van der Waals surface area (Å²) in [5, 5.41) is 2.91. The van der Waals surface area contributed by atoms with Crippen LogP contribution in [0, 0.1) is 11.7 Å². The minimum atomic E-state index is -0.912. The zero-order valence-electron chi connectivity index (χ0n) is 17.7. The Morgan fingerprint density at radius 2 is 1.81 bits per heavy atom. The van der Waals surface area contributed by atoms with Crippen LogP contribution in [0.1, 0.15) is 11.5 Å². The molecule has 2 atom stereocenters. The van der Waals surface area contributed by atoms with Gasteiger partial charge in [0, 0.05) is 24.4 Å². The highest BCUT2D eigenvalue weighted by Crippen LogP contribution is 2.37. The minimum absolute atomic E-state index is 0.0580. The molecule has 0 saturated carbocycles. The Kier molecular flexibility index (Phi) is 6.46. The molecule has 1 aliphatic rings. The van der Waals surface area contributed by atoms with Crippen molar-refractivity contribution < 1.29 is 18.7 Å². The van der Waals surface area contributed by atoms with Crippen LogP contribution in [0.15, 0.2) is 77.7 Å². The number of para-hydroxylation sites is 2. The molecular formula is C25H23FN2O3S. The second-order valence-electron chi connectivity index (χ2n) is 7.60. The first kappa shape index (κ1) is 21.9. The number of carbonyl (C=O) groups excluding carboxylic acids is 2. The number of hydrogen-bond donors (Lipinski definition) is 1. The van der Waals surface area contributed by atoms with Gasteiger partial charge >= 0.3 is 0 Å². The molecule has 1 aliphatic heterocycles. The molecular weight excluding hydrogens is 427 g/mol. The largest absolute Gasteiger partial charge is 0.454 e. The average Bonchev–Trinajstić information content (AvgIpc) is 3.10. The van der Waals surface area contributed by atoms with Gasteiger partial charge in [-0.25, -0.2) is 4.39 Å². The van der Waals surface area contributed by atoms with Gasteiger partial charge in [0.2, 0.25) is 11.8 Å². The number of ether oxygens (including phenoxy) is 1. The lowest BCUT2D eigenvalue weighted by atomic mass is 9.87. The maximum absolute atomic E-state index is 14.4. The maximum Gasteiger partial charge on any atom is 0.237 e. The molecule has 1 N–H and O–H groups in total. The van der Waals surface area contributed by atoms with E-state index in [0.717, 1.165) is 4.90 Å². The zero-order valence-corrected chi connectivity index (χ0v) is 18.6. The van der Waals surface area contributed by atoms with Gasteiger partial charge < -0.3 is 15.0 Å². The van der Waals surface area contributed by atoms with Crippen molar-refractivity contribution in [3.63, 3.8) is 0 Å². The number of nitrogens with zero attached hydrogens (tertiary/aromatic N) is 1. The van der Waals surface area contributed by atoms with Gasteiger partial charge in [-0.1, -0.05) is 36.4 Å². The Bertz CT molecular complexity index is 1140. The lowest BCUT2D eigenvalue weighted by Crippen LogP contribution is -2.32. The summed E-state index contributed by atoms with van der Waals surface area (Å²) in [6.07, 6.45) is 1.93. The Morgan fingerprint density at radius 1 is 1.09 bits per heavy atom. The first-order valence-electron chi connectivity index (χ1n) is 10.2. The minimum Gasteiger partial charge on any atom is -0.454 e. The van der Waals surface area contributed by atoms with E-state index in [4.69, 9.17) is 4.74 Å². The fourth-order valence-electron chi connectivity index (χ4n) is 3.90. The summed E-state index contributed by atoms with van der Waals surface area (Å²) in [6, 6.07) is 20.9. The van der Waals surface area contributed by atoms with Crippen LogP contribution in [0.3, 0.4) is 0 Å². The third-order valence-corrected chi connectivity index (χ3v) is 6.31. The van der Waals surface area contributed by atoms with Crippen LogP contribution < -0.4 is 10.1 Å².